The van der Waals surface area contributed by atoms with Crippen LogP contribution in [0, 0.1) is 0 Å². The lowest BCUT2D eigenvalue weighted by atomic mass is 10.2. The number of benzene rings is 1. The molecule has 1 aromatic carbocycles. The molecule has 2 rings (SSSR count). The molecular formula is C12H14N2O4S. The van der Waals surface area contributed by atoms with E-state index >= 15 is 0 Å². The van der Waals surface area contributed by atoms with E-state index in [1.54, 1.807) is 16.7 Å². The van der Waals surface area contributed by atoms with Crippen molar-refractivity contribution in [1.82, 2.24) is 4.90 Å². The molecule has 0 atom stereocenters. The van der Waals surface area contributed by atoms with Crippen LogP contribution in [-0.2, 0) is 0 Å². The Morgan fingerprint density at radius 2 is 1.95 bits per heavy atom. The second-order valence-corrected chi connectivity index (χ2v) is 5.29. The first-order valence-corrected chi connectivity index (χ1v) is 6.93. The first-order valence-electron chi connectivity index (χ1n) is 5.78. The summed E-state index contributed by atoms with van der Waals surface area (Å²) in [6.07, 6.45) is 0. The molecule has 0 spiro atoms. The summed E-state index contributed by atoms with van der Waals surface area (Å²) in [5.74, 6) is 0.260. The van der Waals surface area contributed by atoms with Gasteiger partial charge in [-0.1, -0.05) is 0 Å². The lowest BCUT2D eigenvalue weighted by Gasteiger charge is -2.26. The molecule has 1 fully saturated rings. The van der Waals surface area contributed by atoms with Crippen molar-refractivity contribution in [3.8, 4) is 5.75 Å². The maximum atomic E-state index is 11.9. The van der Waals surface area contributed by atoms with Crippen LogP contribution in [0.5, 0.6) is 5.75 Å². The fourth-order valence-corrected chi connectivity index (χ4v) is 2.66. The second-order valence-electron chi connectivity index (χ2n) is 4.07. The number of hydrogen-bond donors (Lipinski definition) is 3. The highest BCUT2D eigenvalue weighted by molar-refractivity contribution is 7.99. The topological polar surface area (TPSA) is 89.9 Å². The average Bonchev–Trinajstić information content (AvgIpc) is 2.39. The van der Waals surface area contributed by atoms with Crippen molar-refractivity contribution in [1.29, 1.82) is 0 Å². The third-order valence-corrected chi connectivity index (χ3v) is 3.72. The number of urea groups is 1. The Kier molecular flexibility index (Phi) is 4.16. The molecule has 19 heavy (non-hydrogen) atoms. The van der Waals surface area contributed by atoms with Crippen LogP contribution < -0.4 is 5.32 Å². The van der Waals surface area contributed by atoms with Crippen molar-refractivity contribution in [3.05, 3.63) is 23.8 Å². The van der Waals surface area contributed by atoms with Gasteiger partial charge in [0, 0.05) is 36.3 Å². The monoisotopic (exact) mass is 282 g/mol. The molecule has 0 radical (unpaired) electrons. The summed E-state index contributed by atoms with van der Waals surface area (Å²) in [5, 5.41) is 21.0. The Balaban J connectivity index is 2.04. The lowest BCUT2D eigenvalue weighted by Crippen LogP contribution is -2.40. The number of carboxylic acid groups (broad SMARTS) is 1. The molecule has 0 unspecified atom stereocenters. The number of carbonyl (C=O) groups excluding carboxylic acids is 1. The molecule has 2 amide bonds. The standard InChI is InChI=1S/C12H14N2O4S/c15-10-7-8(1-2-9(10)11(16)17)13-12(18)14-3-5-19-6-4-14/h1-2,7,15H,3-6H2,(H,13,18)(H,16,17). The zero-order valence-electron chi connectivity index (χ0n) is 10.1. The van der Waals surface area contributed by atoms with Gasteiger partial charge in [0.25, 0.3) is 0 Å². The van der Waals surface area contributed by atoms with Crippen LogP contribution in [0.15, 0.2) is 18.2 Å². The fourth-order valence-electron chi connectivity index (χ4n) is 1.76. The number of nitrogens with one attached hydrogen (secondary N) is 1. The molecular weight excluding hydrogens is 268 g/mol. The van der Waals surface area contributed by atoms with Gasteiger partial charge in [-0.05, 0) is 12.1 Å². The summed E-state index contributed by atoms with van der Waals surface area (Å²) in [7, 11) is 0. The van der Waals surface area contributed by atoms with Crippen LogP contribution in [0.2, 0.25) is 0 Å². The average molecular weight is 282 g/mol. The molecule has 1 heterocycles. The van der Waals surface area contributed by atoms with Gasteiger partial charge in [0.1, 0.15) is 11.3 Å². The molecule has 1 aliphatic rings. The minimum absolute atomic E-state index is 0.188. The van der Waals surface area contributed by atoms with Crippen LogP contribution in [0.25, 0.3) is 0 Å². The number of carboxylic acids is 1. The number of carbonyl (C=O) groups is 2. The number of aromatic carboxylic acids is 1. The van der Waals surface area contributed by atoms with Gasteiger partial charge >= 0.3 is 12.0 Å². The van der Waals surface area contributed by atoms with E-state index in [1.165, 1.54) is 18.2 Å². The largest absolute Gasteiger partial charge is 0.507 e. The number of amides is 2. The molecule has 1 aromatic rings. The van der Waals surface area contributed by atoms with Crippen molar-refractivity contribution in [2.24, 2.45) is 0 Å². The highest BCUT2D eigenvalue weighted by Gasteiger charge is 2.17. The number of aromatic hydroxyl groups is 1. The summed E-state index contributed by atoms with van der Waals surface area (Å²) in [5.41, 5.74) is 0.193. The molecule has 0 saturated carbocycles. The summed E-state index contributed by atoms with van der Waals surface area (Å²) < 4.78 is 0. The van der Waals surface area contributed by atoms with E-state index in [2.05, 4.69) is 5.32 Å². The molecule has 0 aliphatic carbocycles. The molecule has 7 heteroatoms. The van der Waals surface area contributed by atoms with Crippen molar-refractivity contribution in [3.63, 3.8) is 0 Å². The van der Waals surface area contributed by atoms with Crippen molar-refractivity contribution in [2.75, 3.05) is 29.9 Å². The number of anilines is 1. The van der Waals surface area contributed by atoms with Gasteiger partial charge in [0.15, 0.2) is 0 Å². The molecule has 3 N–H and O–H groups in total. The van der Waals surface area contributed by atoms with Crippen molar-refractivity contribution in [2.45, 2.75) is 0 Å². The number of hydrogen-bond acceptors (Lipinski definition) is 4. The van der Waals surface area contributed by atoms with Crippen LogP contribution >= 0.6 is 11.8 Å². The minimum atomic E-state index is -1.21. The predicted octanol–water partition coefficient (Wildman–Crippen LogP) is 1.67. The Hall–Kier alpha value is -1.89. The number of thioether (sulfide) groups is 1. The maximum absolute atomic E-state index is 11.9. The van der Waals surface area contributed by atoms with Gasteiger partial charge in [-0.3, -0.25) is 0 Å². The summed E-state index contributed by atoms with van der Waals surface area (Å²) in [6.45, 7) is 1.38. The van der Waals surface area contributed by atoms with Gasteiger partial charge in [0.05, 0.1) is 0 Å². The Morgan fingerprint density at radius 1 is 1.26 bits per heavy atom. The van der Waals surface area contributed by atoms with E-state index < -0.39 is 5.97 Å². The second kappa shape index (κ2) is 5.83. The Morgan fingerprint density at radius 3 is 2.53 bits per heavy atom. The molecule has 1 saturated heterocycles. The lowest BCUT2D eigenvalue weighted by molar-refractivity contribution is 0.0694. The van der Waals surface area contributed by atoms with Crippen LogP contribution in [0.3, 0.4) is 0 Å². The zero-order chi connectivity index (χ0) is 13.8. The van der Waals surface area contributed by atoms with Gasteiger partial charge in [0.2, 0.25) is 0 Å². The molecule has 1 aliphatic heterocycles. The predicted molar refractivity (Wildman–Crippen MR) is 73.0 cm³/mol. The summed E-state index contributed by atoms with van der Waals surface area (Å²) in [6, 6.07) is 3.72. The summed E-state index contributed by atoms with van der Waals surface area (Å²) in [4.78, 5) is 24.3. The van der Waals surface area contributed by atoms with Gasteiger partial charge in [-0.2, -0.15) is 11.8 Å². The fraction of sp³-hybridized carbons (Fsp3) is 0.333. The van der Waals surface area contributed by atoms with Crippen molar-refractivity contribution < 1.29 is 19.8 Å². The van der Waals surface area contributed by atoms with Crippen LogP contribution in [0.4, 0.5) is 10.5 Å². The van der Waals surface area contributed by atoms with Crippen LogP contribution in [-0.4, -0.2) is 51.7 Å². The highest BCUT2D eigenvalue weighted by atomic mass is 32.2. The molecule has 102 valence electrons. The highest BCUT2D eigenvalue weighted by Crippen LogP contribution is 2.22. The summed E-state index contributed by atoms with van der Waals surface area (Å²) >= 11 is 1.80. The van der Waals surface area contributed by atoms with E-state index in [9.17, 15) is 14.7 Å². The molecule has 6 nitrogen and oxygen atoms in total. The quantitative estimate of drug-likeness (QED) is 0.767. The van der Waals surface area contributed by atoms with Gasteiger partial charge in [-0.15, -0.1) is 0 Å². The Labute approximate surface area is 114 Å². The first-order chi connectivity index (χ1) is 9.08. The van der Waals surface area contributed by atoms with E-state index in [1.807, 2.05) is 0 Å². The van der Waals surface area contributed by atoms with Gasteiger partial charge < -0.3 is 20.4 Å². The normalized spacial score (nSPS) is 15.1. The molecule has 0 bridgehead atoms. The molecule has 0 aromatic heterocycles. The van der Waals surface area contributed by atoms with E-state index in [0.29, 0.717) is 18.8 Å². The number of nitrogens with zero attached hydrogens (tertiary/aromatic N) is 1. The number of rotatable bonds is 2. The van der Waals surface area contributed by atoms with E-state index in [4.69, 9.17) is 5.11 Å². The SMILES string of the molecule is O=C(O)c1ccc(NC(=O)N2CCSCC2)cc1O. The maximum Gasteiger partial charge on any atom is 0.339 e. The van der Waals surface area contributed by atoms with Crippen LogP contribution in [0.1, 0.15) is 10.4 Å². The van der Waals surface area contributed by atoms with Gasteiger partial charge in [-0.25, -0.2) is 9.59 Å². The van der Waals surface area contributed by atoms with E-state index in [0.717, 1.165) is 11.5 Å². The third-order valence-electron chi connectivity index (χ3n) is 2.78. The third kappa shape index (κ3) is 3.31. The number of phenols is 1. The minimum Gasteiger partial charge on any atom is -0.507 e. The van der Waals surface area contributed by atoms with E-state index in [-0.39, 0.29) is 17.3 Å². The van der Waals surface area contributed by atoms with Crippen molar-refractivity contribution >= 4 is 29.4 Å². The first kappa shape index (κ1) is 13.5. The smallest absolute Gasteiger partial charge is 0.339 e. The Bertz CT molecular complexity index is 501. The zero-order valence-corrected chi connectivity index (χ0v) is 10.9.